The molecule has 1 aromatic carbocycles. The van der Waals surface area contributed by atoms with Crippen LogP contribution in [0, 0.1) is 5.82 Å². The van der Waals surface area contributed by atoms with E-state index < -0.39 is 0 Å². The summed E-state index contributed by atoms with van der Waals surface area (Å²) in [5, 5.41) is 0. The number of ether oxygens (including phenoxy) is 1. The fourth-order valence-electron chi connectivity index (χ4n) is 2.41. The summed E-state index contributed by atoms with van der Waals surface area (Å²) >= 11 is 0. The van der Waals surface area contributed by atoms with Crippen molar-refractivity contribution < 1.29 is 9.13 Å². The van der Waals surface area contributed by atoms with E-state index in [1.807, 2.05) is 6.07 Å². The van der Waals surface area contributed by atoms with E-state index in [9.17, 15) is 4.39 Å². The van der Waals surface area contributed by atoms with Crippen LogP contribution in [0.15, 0.2) is 24.3 Å². The SMILES string of the molecule is COCCN1CC(c2cccc(F)c2)[C@H](N)C1. The maximum Gasteiger partial charge on any atom is 0.123 e. The third-order valence-corrected chi connectivity index (χ3v) is 3.33. The molecule has 0 spiro atoms. The van der Waals surface area contributed by atoms with Crippen LogP contribution in [0.3, 0.4) is 0 Å². The minimum Gasteiger partial charge on any atom is -0.383 e. The summed E-state index contributed by atoms with van der Waals surface area (Å²) in [7, 11) is 1.69. The molecular weight excluding hydrogens is 219 g/mol. The summed E-state index contributed by atoms with van der Waals surface area (Å²) in [6.07, 6.45) is 0. The monoisotopic (exact) mass is 238 g/mol. The quantitative estimate of drug-likeness (QED) is 0.856. The smallest absolute Gasteiger partial charge is 0.123 e. The molecule has 0 radical (unpaired) electrons. The Morgan fingerprint density at radius 1 is 1.47 bits per heavy atom. The predicted molar refractivity (Wildman–Crippen MR) is 65.4 cm³/mol. The molecule has 0 saturated carbocycles. The molecule has 0 amide bonds. The highest BCUT2D eigenvalue weighted by Gasteiger charge is 2.30. The van der Waals surface area contributed by atoms with Gasteiger partial charge in [0.1, 0.15) is 5.82 Å². The summed E-state index contributed by atoms with van der Waals surface area (Å²) < 4.78 is 18.2. The van der Waals surface area contributed by atoms with Gasteiger partial charge in [-0.15, -0.1) is 0 Å². The standard InChI is InChI=1S/C13H19FN2O/c1-17-6-5-16-8-12(13(15)9-16)10-3-2-4-11(14)7-10/h2-4,7,12-13H,5-6,8-9,15H2,1H3/t12?,13-/m1/s1. The van der Waals surface area contributed by atoms with Gasteiger partial charge in [-0.2, -0.15) is 0 Å². The van der Waals surface area contributed by atoms with Gasteiger partial charge in [-0.3, -0.25) is 4.90 Å². The molecule has 2 rings (SSSR count). The lowest BCUT2D eigenvalue weighted by Gasteiger charge is -2.15. The summed E-state index contributed by atoms with van der Waals surface area (Å²) in [5.41, 5.74) is 7.12. The minimum absolute atomic E-state index is 0.0775. The molecule has 1 unspecified atom stereocenters. The molecule has 1 aliphatic heterocycles. The van der Waals surface area contributed by atoms with Crippen LogP contribution in [0.5, 0.6) is 0 Å². The number of likely N-dealkylation sites (tertiary alicyclic amines) is 1. The van der Waals surface area contributed by atoms with Crippen molar-refractivity contribution in [3.05, 3.63) is 35.6 Å². The molecule has 94 valence electrons. The van der Waals surface area contributed by atoms with Gasteiger partial charge in [-0.05, 0) is 17.7 Å². The van der Waals surface area contributed by atoms with E-state index in [1.165, 1.54) is 6.07 Å². The molecule has 0 aromatic heterocycles. The first-order valence-electron chi connectivity index (χ1n) is 5.93. The molecule has 17 heavy (non-hydrogen) atoms. The molecule has 2 atom stereocenters. The average Bonchev–Trinajstić information content (AvgIpc) is 2.68. The van der Waals surface area contributed by atoms with Gasteiger partial charge in [-0.1, -0.05) is 12.1 Å². The van der Waals surface area contributed by atoms with Crippen molar-refractivity contribution >= 4 is 0 Å². The molecule has 0 bridgehead atoms. The van der Waals surface area contributed by atoms with Crippen LogP contribution in [0.2, 0.25) is 0 Å². The van der Waals surface area contributed by atoms with Crippen LogP contribution in [-0.4, -0.2) is 44.3 Å². The first-order valence-corrected chi connectivity index (χ1v) is 5.93. The van der Waals surface area contributed by atoms with E-state index in [0.717, 1.165) is 25.2 Å². The Hall–Kier alpha value is -0.970. The van der Waals surface area contributed by atoms with E-state index in [0.29, 0.717) is 6.61 Å². The number of nitrogens with zero attached hydrogens (tertiary/aromatic N) is 1. The van der Waals surface area contributed by atoms with Crippen molar-refractivity contribution in [2.24, 2.45) is 5.73 Å². The molecule has 4 heteroatoms. The number of benzene rings is 1. The fourth-order valence-corrected chi connectivity index (χ4v) is 2.41. The largest absolute Gasteiger partial charge is 0.383 e. The molecule has 0 aliphatic carbocycles. The van der Waals surface area contributed by atoms with E-state index in [2.05, 4.69) is 4.90 Å². The number of hydrogen-bond donors (Lipinski definition) is 1. The maximum atomic E-state index is 13.2. The zero-order valence-electron chi connectivity index (χ0n) is 10.1. The molecule has 1 fully saturated rings. The van der Waals surface area contributed by atoms with E-state index in [-0.39, 0.29) is 17.8 Å². The Morgan fingerprint density at radius 2 is 2.29 bits per heavy atom. The van der Waals surface area contributed by atoms with Crippen LogP contribution in [-0.2, 0) is 4.74 Å². The second-order valence-electron chi connectivity index (χ2n) is 4.58. The number of halogens is 1. The van der Waals surface area contributed by atoms with Gasteiger partial charge in [0.2, 0.25) is 0 Å². The van der Waals surface area contributed by atoms with Crippen LogP contribution in [0.1, 0.15) is 11.5 Å². The van der Waals surface area contributed by atoms with E-state index >= 15 is 0 Å². The van der Waals surface area contributed by atoms with Gasteiger partial charge >= 0.3 is 0 Å². The molecule has 1 saturated heterocycles. The average molecular weight is 238 g/mol. The van der Waals surface area contributed by atoms with Crippen molar-refractivity contribution in [3.8, 4) is 0 Å². The minimum atomic E-state index is -0.190. The van der Waals surface area contributed by atoms with Gasteiger partial charge in [0.15, 0.2) is 0 Å². The molecule has 1 aliphatic rings. The van der Waals surface area contributed by atoms with Crippen LogP contribution in [0.4, 0.5) is 4.39 Å². The third-order valence-electron chi connectivity index (χ3n) is 3.33. The molecular formula is C13H19FN2O. The molecule has 1 heterocycles. The fraction of sp³-hybridized carbons (Fsp3) is 0.538. The number of methoxy groups -OCH3 is 1. The number of nitrogens with two attached hydrogens (primary N) is 1. The van der Waals surface area contributed by atoms with Gasteiger partial charge in [0.25, 0.3) is 0 Å². The highest BCUT2D eigenvalue weighted by atomic mass is 19.1. The molecule has 3 nitrogen and oxygen atoms in total. The van der Waals surface area contributed by atoms with E-state index in [4.69, 9.17) is 10.5 Å². The second-order valence-corrected chi connectivity index (χ2v) is 4.58. The highest BCUT2D eigenvalue weighted by Crippen LogP contribution is 2.26. The first-order chi connectivity index (χ1) is 8.20. The predicted octanol–water partition coefficient (Wildman–Crippen LogP) is 1.20. The Bertz CT molecular complexity index is 372. The Balaban J connectivity index is 2.02. The van der Waals surface area contributed by atoms with Gasteiger partial charge < -0.3 is 10.5 Å². The lowest BCUT2D eigenvalue weighted by Crippen LogP contribution is -2.30. The first kappa shape index (κ1) is 12.5. The molecule has 1 aromatic rings. The summed E-state index contributed by atoms with van der Waals surface area (Å²) in [6, 6.07) is 6.83. The lowest BCUT2D eigenvalue weighted by molar-refractivity contribution is 0.160. The normalized spacial score (nSPS) is 25.4. The maximum absolute atomic E-state index is 13.2. The van der Waals surface area contributed by atoms with Gasteiger partial charge in [0.05, 0.1) is 6.61 Å². The van der Waals surface area contributed by atoms with E-state index in [1.54, 1.807) is 19.2 Å². The van der Waals surface area contributed by atoms with Crippen LogP contribution < -0.4 is 5.73 Å². The second kappa shape index (κ2) is 5.58. The van der Waals surface area contributed by atoms with Crippen molar-refractivity contribution in [3.63, 3.8) is 0 Å². The molecule has 2 N–H and O–H groups in total. The third kappa shape index (κ3) is 3.03. The summed E-state index contributed by atoms with van der Waals surface area (Å²) in [5.74, 6) is 0.0348. The Morgan fingerprint density at radius 3 is 3.00 bits per heavy atom. The Labute approximate surface area is 101 Å². The van der Waals surface area contributed by atoms with Crippen molar-refractivity contribution in [1.29, 1.82) is 0 Å². The lowest BCUT2D eigenvalue weighted by atomic mass is 9.95. The van der Waals surface area contributed by atoms with Crippen molar-refractivity contribution in [2.45, 2.75) is 12.0 Å². The summed E-state index contributed by atoms with van der Waals surface area (Å²) in [6.45, 7) is 3.33. The topological polar surface area (TPSA) is 38.5 Å². The van der Waals surface area contributed by atoms with Crippen LogP contribution in [0.25, 0.3) is 0 Å². The van der Waals surface area contributed by atoms with Crippen molar-refractivity contribution in [2.75, 3.05) is 33.4 Å². The highest BCUT2D eigenvalue weighted by molar-refractivity contribution is 5.24. The number of hydrogen-bond acceptors (Lipinski definition) is 3. The summed E-state index contributed by atoms with van der Waals surface area (Å²) in [4.78, 5) is 2.27. The zero-order valence-corrected chi connectivity index (χ0v) is 10.1. The van der Waals surface area contributed by atoms with Gasteiger partial charge in [0, 0.05) is 38.7 Å². The number of rotatable bonds is 4. The van der Waals surface area contributed by atoms with Crippen LogP contribution >= 0.6 is 0 Å². The van der Waals surface area contributed by atoms with Gasteiger partial charge in [-0.25, -0.2) is 4.39 Å². The Kier molecular flexibility index (Phi) is 4.10. The zero-order chi connectivity index (χ0) is 12.3. The van der Waals surface area contributed by atoms with Crippen molar-refractivity contribution in [1.82, 2.24) is 4.90 Å².